The van der Waals surface area contributed by atoms with Crippen LogP contribution in [0, 0.1) is 0 Å². The molecule has 0 aromatic carbocycles. The lowest BCUT2D eigenvalue weighted by atomic mass is 10.2. The molecule has 0 bridgehead atoms. The monoisotopic (exact) mass is 268 g/mol. The number of hydrogen-bond donors (Lipinski definition) is 3. The van der Waals surface area contributed by atoms with E-state index in [0.29, 0.717) is 32.2 Å². The van der Waals surface area contributed by atoms with Crippen LogP contribution in [0.25, 0.3) is 0 Å². The molecule has 1 rings (SSSR count). The van der Waals surface area contributed by atoms with Gasteiger partial charge in [0, 0.05) is 25.8 Å². The zero-order valence-electron chi connectivity index (χ0n) is 10.9. The summed E-state index contributed by atoms with van der Waals surface area (Å²) in [5.41, 5.74) is 1.59. The van der Waals surface area contributed by atoms with Gasteiger partial charge in [0.1, 0.15) is 5.76 Å². The van der Waals surface area contributed by atoms with Crippen LogP contribution < -0.4 is 10.8 Å². The van der Waals surface area contributed by atoms with Crippen LogP contribution in [0.3, 0.4) is 0 Å². The Balaban J connectivity index is 1.94. The normalized spacial score (nSPS) is 10.2. The molecule has 19 heavy (non-hydrogen) atoms. The van der Waals surface area contributed by atoms with Crippen molar-refractivity contribution < 1.29 is 19.2 Å². The van der Waals surface area contributed by atoms with Gasteiger partial charge in [-0.2, -0.15) is 0 Å². The third-order valence-corrected chi connectivity index (χ3v) is 2.71. The fraction of sp³-hybridized carbons (Fsp3) is 0.538. The summed E-state index contributed by atoms with van der Waals surface area (Å²) in [7, 11) is 0. The van der Waals surface area contributed by atoms with Crippen LogP contribution in [-0.4, -0.2) is 23.6 Å². The van der Waals surface area contributed by atoms with Crippen molar-refractivity contribution >= 4 is 11.8 Å². The van der Waals surface area contributed by atoms with Crippen molar-refractivity contribution in [3.8, 4) is 0 Å². The van der Waals surface area contributed by atoms with E-state index >= 15 is 0 Å². The van der Waals surface area contributed by atoms with Crippen LogP contribution >= 0.6 is 0 Å². The fourth-order valence-corrected chi connectivity index (χ4v) is 1.65. The second kappa shape index (κ2) is 9.16. The highest BCUT2D eigenvalue weighted by Gasteiger charge is 2.03. The minimum atomic E-state index is -0.373. The lowest BCUT2D eigenvalue weighted by Crippen LogP contribution is -2.24. The second-order valence-corrected chi connectivity index (χ2v) is 4.27. The number of hydroxylamine groups is 1. The Kier molecular flexibility index (Phi) is 7.34. The molecule has 0 aliphatic rings. The molecule has 1 heterocycles. The van der Waals surface area contributed by atoms with E-state index in [1.165, 1.54) is 0 Å². The van der Waals surface area contributed by atoms with Crippen molar-refractivity contribution in [3.05, 3.63) is 24.2 Å². The van der Waals surface area contributed by atoms with Gasteiger partial charge in [0.2, 0.25) is 11.8 Å². The Bertz CT molecular complexity index is 376. The van der Waals surface area contributed by atoms with Gasteiger partial charge in [0.15, 0.2) is 0 Å². The molecule has 0 radical (unpaired) electrons. The van der Waals surface area contributed by atoms with Gasteiger partial charge >= 0.3 is 0 Å². The number of amides is 2. The highest BCUT2D eigenvalue weighted by molar-refractivity contribution is 5.76. The van der Waals surface area contributed by atoms with Gasteiger partial charge in [-0.25, -0.2) is 5.48 Å². The number of aryl methyl sites for hydroxylation is 1. The van der Waals surface area contributed by atoms with E-state index in [1.54, 1.807) is 17.8 Å². The molecule has 0 fully saturated rings. The molecule has 0 unspecified atom stereocenters. The minimum Gasteiger partial charge on any atom is -0.469 e. The quantitative estimate of drug-likeness (QED) is 0.358. The van der Waals surface area contributed by atoms with E-state index in [2.05, 4.69) is 5.32 Å². The molecule has 0 saturated carbocycles. The van der Waals surface area contributed by atoms with Crippen molar-refractivity contribution in [2.75, 3.05) is 6.54 Å². The van der Waals surface area contributed by atoms with Crippen molar-refractivity contribution in [2.24, 2.45) is 0 Å². The lowest BCUT2D eigenvalue weighted by molar-refractivity contribution is -0.129. The number of nitrogens with one attached hydrogen (secondary N) is 2. The maximum atomic E-state index is 11.5. The molecule has 1 aromatic heterocycles. The third kappa shape index (κ3) is 7.25. The van der Waals surface area contributed by atoms with Crippen LogP contribution in [0.15, 0.2) is 22.8 Å². The molecule has 0 atom stereocenters. The zero-order valence-corrected chi connectivity index (χ0v) is 10.9. The summed E-state index contributed by atoms with van der Waals surface area (Å²) in [6.07, 6.45) is 5.29. The Morgan fingerprint density at radius 3 is 2.68 bits per heavy atom. The molecule has 0 saturated heterocycles. The SMILES string of the molecule is O=C(CCCCCNC(=O)CCc1ccco1)NO. The van der Waals surface area contributed by atoms with Gasteiger partial charge in [-0.1, -0.05) is 6.42 Å². The van der Waals surface area contributed by atoms with E-state index in [1.807, 2.05) is 6.07 Å². The number of hydrogen-bond acceptors (Lipinski definition) is 4. The van der Waals surface area contributed by atoms with E-state index < -0.39 is 0 Å². The lowest BCUT2D eigenvalue weighted by Gasteiger charge is -2.04. The van der Waals surface area contributed by atoms with E-state index in [-0.39, 0.29) is 11.8 Å². The first-order valence-corrected chi connectivity index (χ1v) is 6.44. The molecule has 0 spiro atoms. The zero-order chi connectivity index (χ0) is 13.9. The van der Waals surface area contributed by atoms with Gasteiger partial charge in [0.25, 0.3) is 0 Å². The van der Waals surface area contributed by atoms with Crippen LogP contribution in [0.5, 0.6) is 0 Å². The first-order chi connectivity index (χ1) is 9.22. The molecule has 6 heteroatoms. The maximum absolute atomic E-state index is 11.5. The first-order valence-electron chi connectivity index (χ1n) is 6.44. The molecular weight excluding hydrogens is 248 g/mol. The van der Waals surface area contributed by atoms with Crippen LogP contribution in [0.2, 0.25) is 0 Å². The first kappa shape index (κ1) is 15.2. The standard InChI is InChI=1S/C13H20N2O4/c16-12(8-7-11-5-4-10-19-11)14-9-3-1-2-6-13(17)15-18/h4-5,10,18H,1-3,6-9H2,(H,14,16)(H,15,17). The second-order valence-electron chi connectivity index (χ2n) is 4.27. The molecule has 3 N–H and O–H groups in total. The summed E-state index contributed by atoms with van der Waals surface area (Å²) < 4.78 is 5.14. The highest BCUT2D eigenvalue weighted by Crippen LogP contribution is 2.03. The van der Waals surface area contributed by atoms with Crippen LogP contribution in [0.4, 0.5) is 0 Å². The predicted octanol–water partition coefficient (Wildman–Crippen LogP) is 1.39. The van der Waals surface area contributed by atoms with Gasteiger partial charge < -0.3 is 9.73 Å². The topological polar surface area (TPSA) is 91.6 Å². The average molecular weight is 268 g/mol. The summed E-state index contributed by atoms with van der Waals surface area (Å²) in [4.78, 5) is 22.2. The minimum absolute atomic E-state index is 0.00417. The Morgan fingerprint density at radius 1 is 1.16 bits per heavy atom. The Labute approximate surface area is 112 Å². The largest absolute Gasteiger partial charge is 0.469 e. The number of furan rings is 1. The molecule has 0 aliphatic heterocycles. The van der Waals surface area contributed by atoms with Crippen molar-refractivity contribution in [2.45, 2.75) is 38.5 Å². The Hall–Kier alpha value is -1.82. The Morgan fingerprint density at radius 2 is 2.00 bits per heavy atom. The summed E-state index contributed by atoms with van der Waals surface area (Å²) in [6, 6.07) is 3.65. The van der Waals surface area contributed by atoms with Crippen molar-refractivity contribution in [1.29, 1.82) is 0 Å². The van der Waals surface area contributed by atoms with Crippen LogP contribution in [-0.2, 0) is 16.0 Å². The number of carbonyl (C=O) groups is 2. The maximum Gasteiger partial charge on any atom is 0.243 e. The molecule has 106 valence electrons. The van der Waals surface area contributed by atoms with E-state index in [4.69, 9.17) is 9.62 Å². The number of carbonyl (C=O) groups excluding carboxylic acids is 2. The predicted molar refractivity (Wildman–Crippen MR) is 68.4 cm³/mol. The van der Waals surface area contributed by atoms with Gasteiger partial charge in [-0.3, -0.25) is 14.8 Å². The molecular formula is C13H20N2O4. The van der Waals surface area contributed by atoms with Gasteiger partial charge in [-0.05, 0) is 25.0 Å². The third-order valence-electron chi connectivity index (χ3n) is 2.71. The van der Waals surface area contributed by atoms with Crippen molar-refractivity contribution in [3.63, 3.8) is 0 Å². The summed E-state index contributed by atoms with van der Waals surface area (Å²) in [5, 5.41) is 11.1. The van der Waals surface area contributed by atoms with E-state index in [9.17, 15) is 9.59 Å². The van der Waals surface area contributed by atoms with Crippen LogP contribution in [0.1, 0.15) is 37.9 Å². The summed E-state index contributed by atoms with van der Waals surface area (Å²) >= 11 is 0. The molecule has 2 amide bonds. The van der Waals surface area contributed by atoms with Crippen molar-refractivity contribution in [1.82, 2.24) is 10.8 Å². The average Bonchev–Trinajstić information content (AvgIpc) is 2.93. The highest BCUT2D eigenvalue weighted by atomic mass is 16.5. The number of unbranched alkanes of at least 4 members (excludes halogenated alkanes) is 2. The van der Waals surface area contributed by atoms with Gasteiger partial charge in [-0.15, -0.1) is 0 Å². The fourth-order valence-electron chi connectivity index (χ4n) is 1.65. The molecule has 6 nitrogen and oxygen atoms in total. The summed E-state index contributed by atoms with van der Waals surface area (Å²) in [6.45, 7) is 0.609. The summed E-state index contributed by atoms with van der Waals surface area (Å²) in [5.74, 6) is 0.442. The number of rotatable bonds is 9. The van der Waals surface area contributed by atoms with E-state index in [0.717, 1.165) is 18.6 Å². The molecule has 0 aliphatic carbocycles. The molecule has 1 aromatic rings. The smallest absolute Gasteiger partial charge is 0.243 e. The van der Waals surface area contributed by atoms with Gasteiger partial charge in [0.05, 0.1) is 6.26 Å².